The number of ether oxygens (including phenoxy) is 1. The molecule has 0 fully saturated rings. The lowest BCUT2D eigenvalue weighted by Crippen LogP contribution is -2.23. The molecule has 0 bridgehead atoms. The molecule has 0 N–H and O–H groups in total. The summed E-state index contributed by atoms with van der Waals surface area (Å²) >= 11 is 12.0. The van der Waals surface area contributed by atoms with Gasteiger partial charge in [-0.3, -0.25) is 9.36 Å². The van der Waals surface area contributed by atoms with Crippen LogP contribution in [0.4, 0.5) is 0 Å². The third kappa shape index (κ3) is 3.62. The molecule has 0 spiro atoms. The van der Waals surface area contributed by atoms with E-state index < -0.39 is 0 Å². The highest BCUT2D eigenvalue weighted by atomic mass is 35.5. The van der Waals surface area contributed by atoms with E-state index in [1.807, 2.05) is 24.3 Å². The molecule has 5 aromatic rings. The van der Waals surface area contributed by atoms with Crippen molar-refractivity contribution in [3.63, 3.8) is 0 Å². The molecule has 0 aliphatic carbocycles. The Labute approximate surface area is 192 Å². The summed E-state index contributed by atoms with van der Waals surface area (Å²) in [6.45, 7) is 0.596. The van der Waals surface area contributed by atoms with E-state index in [-0.39, 0.29) is 17.7 Å². The van der Waals surface area contributed by atoms with Gasteiger partial charge in [0.05, 0.1) is 24.4 Å². The number of hydrogen-bond donors (Lipinski definition) is 0. The van der Waals surface area contributed by atoms with Crippen molar-refractivity contribution in [2.24, 2.45) is 0 Å². The van der Waals surface area contributed by atoms with E-state index in [1.54, 1.807) is 31.4 Å². The number of halogens is 2. The van der Waals surface area contributed by atoms with Gasteiger partial charge in [0.1, 0.15) is 6.33 Å². The normalized spacial score (nSPS) is 11.5. The molecule has 0 radical (unpaired) electrons. The molecule has 10 heteroatoms. The van der Waals surface area contributed by atoms with Crippen molar-refractivity contribution in [1.29, 1.82) is 0 Å². The Kier molecular flexibility index (Phi) is 5.34. The van der Waals surface area contributed by atoms with Gasteiger partial charge in [0.2, 0.25) is 0 Å². The first-order chi connectivity index (χ1) is 15.5. The predicted molar refractivity (Wildman–Crippen MR) is 122 cm³/mol. The average molecular weight is 467 g/mol. The summed E-state index contributed by atoms with van der Waals surface area (Å²) < 4.78 is 8.34. The van der Waals surface area contributed by atoms with Crippen LogP contribution in [-0.4, -0.2) is 36.5 Å². The fourth-order valence-electron chi connectivity index (χ4n) is 3.55. The third-order valence-corrected chi connectivity index (χ3v) is 5.56. The second-order valence-corrected chi connectivity index (χ2v) is 8.05. The van der Waals surface area contributed by atoms with E-state index in [9.17, 15) is 4.79 Å². The van der Waals surface area contributed by atoms with Gasteiger partial charge in [0.15, 0.2) is 16.8 Å². The van der Waals surface area contributed by atoms with Crippen LogP contribution < -0.4 is 5.56 Å². The van der Waals surface area contributed by atoms with Crippen LogP contribution in [0.5, 0.6) is 0 Å². The monoisotopic (exact) mass is 466 g/mol. The molecular formula is C22H16Cl2N6O2. The Morgan fingerprint density at radius 1 is 0.938 bits per heavy atom. The zero-order valence-electron chi connectivity index (χ0n) is 16.9. The average Bonchev–Trinajstić information content (AvgIpc) is 3.16. The summed E-state index contributed by atoms with van der Waals surface area (Å²) in [6.07, 6.45) is 1.49. The summed E-state index contributed by atoms with van der Waals surface area (Å²) in [5.74, 6) is 0. The molecule has 5 rings (SSSR count). The summed E-state index contributed by atoms with van der Waals surface area (Å²) in [6, 6.07) is 14.6. The van der Waals surface area contributed by atoms with E-state index in [2.05, 4.69) is 20.3 Å². The van der Waals surface area contributed by atoms with Crippen molar-refractivity contribution >= 4 is 40.0 Å². The minimum atomic E-state index is -0.309. The summed E-state index contributed by atoms with van der Waals surface area (Å²) in [4.78, 5) is 17.6. The molecular weight excluding hydrogens is 451 g/mol. The minimum Gasteiger partial charge on any atom is -0.378 e. The smallest absolute Gasteiger partial charge is 0.283 e. The van der Waals surface area contributed by atoms with Gasteiger partial charge in [-0.2, -0.15) is 9.61 Å². The molecule has 0 saturated heterocycles. The Hall–Kier alpha value is -3.33. The highest BCUT2D eigenvalue weighted by molar-refractivity contribution is 6.30. The maximum Gasteiger partial charge on any atom is 0.283 e. The van der Waals surface area contributed by atoms with E-state index in [4.69, 9.17) is 27.9 Å². The molecule has 32 heavy (non-hydrogen) atoms. The number of benzene rings is 2. The topological polar surface area (TPSA) is 87.2 Å². The van der Waals surface area contributed by atoms with Crippen molar-refractivity contribution in [3.8, 4) is 11.1 Å². The predicted octanol–water partition coefficient (Wildman–Crippen LogP) is 4.00. The first kappa shape index (κ1) is 20.6. The first-order valence-corrected chi connectivity index (χ1v) is 10.4. The summed E-state index contributed by atoms with van der Waals surface area (Å²) in [5.41, 5.74) is 3.81. The molecule has 0 aliphatic rings. The van der Waals surface area contributed by atoms with Crippen LogP contribution in [0.1, 0.15) is 11.3 Å². The molecule has 0 unspecified atom stereocenters. The zero-order chi connectivity index (χ0) is 22.2. The second-order valence-electron chi connectivity index (χ2n) is 7.17. The van der Waals surface area contributed by atoms with Gasteiger partial charge in [-0.1, -0.05) is 47.5 Å². The van der Waals surface area contributed by atoms with Crippen LogP contribution in [0.15, 0.2) is 59.7 Å². The van der Waals surface area contributed by atoms with Crippen molar-refractivity contribution in [2.45, 2.75) is 13.2 Å². The molecule has 0 amide bonds. The Balaban J connectivity index is 1.67. The fourth-order valence-corrected chi connectivity index (χ4v) is 3.80. The van der Waals surface area contributed by atoms with Crippen LogP contribution in [0.3, 0.4) is 0 Å². The number of methoxy groups -OCH3 is 1. The van der Waals surface area contributed by atoms with Crippen LogP contribution >= 0.6 is 23.2 Å². The van der Waals surface area contributed by atoms with E-state index in [1.165, 1.54) is 15.4 Å². The van der Waals surface area contributed by atoms with Gasteiger partial charge in [0.25, 0.3) is 5.56 Å². The maximum atomic E-state index is 13.1. The highest BCUT2D eigenvalue weighted by Crippen LogP contribution is 2.29. The summed E-state index contributed by atoms with van der Waals surface area (Å²) in [5, 5.41) is 14.4. The Morgan fingerprint density at radius 3 is 2.31 bits per heavy atom. The first-order valence-electron chi connectivity index (χ1n) is 9.68. The van der Waals surface area contributed by atoms with Gasteiger partial charge >= 0.3 is 0 Å². The van der Waals surface area contributed by atoms with Crippen molar-refractivity contribution in [2.75, 3.05) is 7.11 Å². The Morgan fingerprint density at radius 2 is 1.62 bits per heavy atom. The van der Waals surface area contributed by atoms with Gasteiger partial charge in [-0.05, 0) is 35.4 Å². The van der Waals surface area contributed by atoms with Crippen molar-refractivity contribution < 1.29 is 4.74 Å². The van der Waals surface area contributed by atoms with E-state index in [0.717, 1.165) is 16.7 Å². The van der Waals surface area contributed by atoms with E-state index in [0.29, 0.717) is 33.6 Å². The van der Waals surface area contributed by atoms with Crippen molar-refractivity contribution in [1.82, 2.24) is 29.4 Å². The lowest BCUT2D eigenvalue weighted by Gasteiger charge is -2.07. The van der Waals surface area contributed by atoms with Gasteiger partial charge in [-0.25, -0.2) is 4.98 Å². The van der Waals surface area contributed by atoms with Crippen LogP contribution in [-0.2, 0) is 17.9 Å². The molecule has 3 heterocycles. The molecule has 0 saturated carbocycles. The van der Waals surface area contributed by atoms with E-state index >= 15 is 0 Å². The number of aromatic nitrogens is 6. The third-order valence-electron chi connectivity index (χ3n) is 5.05. The van der Waals surface area contributed by atoms with Crippen LogP contribution in [0, 0.1) is 0 Å². The van der Waals surface area contributed by atoms with Crippen LogP contribution in [0.2, 0.25) is 10.0 Å². The molecule has 2 aromatic carbocycles. The molecule has 0 atom stereocenters. The highest BCUT2D eigenvalue weighted by Gasteiger charge is 2.20. The van der Waals surface area contributed by atoms with Gasteiger partial charge < -0.3 is 4.74 Å². The minimum absolute atomic E-state index is 0.128. The molecule has 160 valence electrons. The number of fused-ring (bicyclic) bond motifs is 3. The molecule has 8 nitrogen and oxygen atoms in total. The standard InChI is InChI=1S/C22H16Cl2N6O2/c1-32-11-17-18(14-4-8-16(24)9-5-14)20-27-26-19-21(30(20)28-17)25-12-29(22(19)31)10-13-2-6-15(23)7-3-13/h2-9,12H,10-11H2,1H3. The Bertz CT molecular complexity index is 1490. The molecule has 0 aliphatic heterocycles. The van der Waals surface area contributed by atoms with Gasteiger partial charge in [0, 0.05) is 17.2 Å². The second kappa shape index (κ2) is 8.31. The molecule has 3 aromatic heterocycles. The SMILES string of the molecule is COCc1nn2c(nnc3c(=O)n(Cc4ccc(Cl)cc4)cnc32)c1-c1ccc(Cl)cc1. The van der Waals surface area contributed by atoms with Crippen LogP contribution in [0.25, 0.3) is 27.9 Å². The van der Waals surface area contributed by atoms with Crippen molar-refractivity contribution in [3.05, 3.63) is 86.5 Å². The number of hydrogen-bond acceptors (Lipinski definition) is 6. The lowest BCUT2D eigenvalue weighted by atomic mass is 10.1. The fraction of sp³-hybridized carbons (Fsp3) is 0.136. The largest absolute Gasteiger partial charge is 0.378 e. The number of nitrogens with zero attached hydrogens (tertiary/aromatic N) is 6. The maximum absolute atomic E-state index is 13.1. The van der Waals surface area contributed by atoms with Gasteiger partial charge in [-0.15, -0.1) is 10.2 Å². The summed E-state index contributed by atoms with van der Waals surface area (Å²) in [7, 11) is 1.59. The lowest BCUT2D eigenvalue weighted by molar-refractivity contribution is 0.181. The quantitative estimate of drug-likeness (QED) is 0.388. The number of rotatable bonds is 5. The zero-order valence-corrected chi connectivity index (χ0v) is 18.4.